The van der Waals surface area contributed by atoms with E-state index >= 15 is 0 Å². The number of hydrogen-bond donors (Lipinski definition) is 1. The lowest BCUT2D eigenvalue weighted by Gasteiger charge is -2.24. The van der Waals surface area contributed by atoms with Crippen LogP contribution in [-0.4, -0.2) is 62.0 Å². The van der Waals surface area contributed by atoms with Crippen molar-refractivity contribution in [3.8, 4) is 23.3 Å². The number of carboxylic acid groups (broad SMARTS) is 1. The highest BCUT2D eigenvalue weighted by Gasteiger charge is 2.09. The van der Waals surface area contributed by atoms with Crippen molar-refractivity contribution in [1.29, 1.82) is 0 Å². The molecule has 1 fully saturated rings. The molecule has 0 aliphatic carbocycles. The normalized spacial score (nSPS) is 13.9. The Kier molecular flexibility index (Phi) is 9.58. The first kappa shape index (κ1) is 27.0. The fraction of sp³-hybridized carbons (Fsp3) is 0.281. The molecule has 1 aliphatic rings. The van der Waals surface area contributed by atoms with E-state index < -0.39 is 5.97 Å². The van der Waals surface area contributed by atoms with Crippen molar-refractivity contribution in [2.24, 2.45) is 0 Å². The number of rotatable bonds is 9. The molecular formula is C32H33NO5. The smallest absolute Gasteiger partial charge is 0.341 e. The van der Waals surface area contributed by atoms with Crippen LogP contribution in [0.3, 0.4) is 0 Å². The van der Waals surface area contributed by atoms with Crippen LogP contribution in [0.5, 0.6) is 11.5 Å². The molecule has 0 aromatic heterocycles. The van der Waals surface area contributed by atoms with Crippen LogP contribution < -0.4 is 9.47 Å². The van der Waals surface area contributed by atoms with Crippen molar-refractivity contribution in [2.75, 3.05) is 46.1 Å². The summed E-state index contributed by atoms with van der Waals surface area (Å²) in [6.45, 7) is 8.12. The molecule has 6 heteroatoms. The highest BCUT2D eigenvalue weighted by atomic mass is 16.5. The van der Waals surface area contributed by atoms with Crippen LogP contribution in [0.4, 0.5) is 0 Å². The van der Waals surface area contributed by atoms with Gasteiger partial charge < -0.3 is 19.3 Å². The van der Waals surface area contributed by atoms with Gasteiger partial charge in [0.15, 0.2) is 6.61 Å². The second kappa shape index (κ2) is 13.5. The number of aryl methyl sites for hydroxylation is 2. The summed E-state index contributed by atoms with van der Waals surface area (Å²) in [7, 11) is 0. The number of nitrogens with zero attached hydrogens (tertiary/aromatic N) is 1. The Balaban J connectivity index is 1.46. The third-order valence-corrected chi connectivity index (χ3v) is 6.23. The Hall–Kier alpha value is -4.05. The molecule has 0 atom stereocenters. The lowest BCUT2D eigenvalue weighted by molar-refractivity contribution is -0.139. The predicted molar refractivity (Wildman–Crippen MR) is 149 cm³/mol. The van der Waals surface area contributed by atoms with Gasteiger partial charge in [0.1, 0.15) is 18.1 Å². The lowest BCUT2D eigenvalue weighted by atomic mass is 9.96. The molecule has 0 radical (unpaired) electrons. The first-order valence-electron chi connectivity index (χ1n) is 12.7. The van der Waals surface area contributed by atoms with E-state index in [1.54, 1.807) is 12.1 Å². The fourth-order valence-electron chi connectivity index (χ4n) is 4.12. The average Bonchev–Trinajstić information content (AvgIpc) is 2.92. The van der Waals surface area contributed by atoms with E-state index in [0.29, 0.717) is 18.1 Å². The van der Waals surface area contributed by atoms with Crippen LogP contribution in [0.25, 0.3) is 5.57 Å². The molecule has 1 N–H and O–H groups in total. The lowest BCUT2D eigenvalue weighted by Crippen LogP contribution is -2.36. The second-order valence-electron chi connectivity index (χ2n) is 9.17. The summed E-state index contributed by atoms with van der Waals surface area (Å²) < 4.78 is 16.7. The summed E-state index contributed by atoms with van der Waals surface area (Å²) in [6, 6.07) is 22.1. The van der Waals surface area contributed by atoms with Crippen LogP contribution in [0, 0.1) is 25.7 Å². The van der Waals surface area contributed by atoms with Gasteiger partial charge in [0, 0.05) is 18.7 Å². The molecule has 3 aromatic carbocycles. The minimum Gasteiger partial charge on any atom is -0.489 e. The van der Waals surface area contributed by atoms with E-state index in [9.17, 15) is 4.79 Å². The summed E-state index contributed by atoms with van der Waals surface area (Å²) in [4.78, 5) is 13.1. The molecule has 1 saturated heterocycles. The van der Waals surface area contributed by atoms with Crippen LogP contribution in [-0.2, 0) is 9.53 Å². The van der Waals surface area contributed by atoms with Gasteiger partial charge in [-0.25, -0.2) is 4.79 Å². The third-order valence-electron chi connectivity index (χ3n) is 6.23. The summed E-state index contributed by atoms with van der Waals surface area (Å²) >= 11 is 0. The molecule has 196 valence electrons. The van der Waals surface area contributed by atoms with Gasteiger partial charge in [-0.3, -0.25) is 4.90 Å². The number of benzene rings is 3. The highest BCUT2D eigenvalue weighted by Crippen LogP contribution is 2.26. The molecule has 38 heavy (non-hydrogen) atoms. The first-order chi connectivity index (χ1) is 18.5. The van der Waals surface area contributed by atoms with Crippen LogP contribution in [0.2, 0.25) is 0 Å². The topological polar surface area (TPSA) is 68.2 Å². The Morgan fingerprint density at radius 2 is 1.66 bits per heavy atom. The predicted octanol–water partition coefficient (Wildman–Crippen LogP) is 4.96. The Morgan fingerprint density at radius 1 is 0.974 bits per heavy atom. The molecule has 3 aromatic rings. The largest absolute Gasteiger partial charge is 0.489 e. The minimum absolute atomic E-state index is 0.373. The second-order valence-corrected chi connectivity index (χ2v) is 9.17. The summed E-state index contributed by atoms with van der Waals surface area (Å²) in [5.41, 5.74) is 6.29. The minimum atomic E-state index is -1.01. The van der Waals surface area contributed by atoms with E-state index in [1.165, 1.54) is 5.56 Å². The van der Waals surface area contributed by atoms with E-state index in [1.807, 2.05) is 13.0 Å². The van der Waals surface area contributed by atoms with E-state index in [4.69, 9.17) is 19.3 Å². The SMILES string of the molecule is Cc1ccc(/C(=C\COc2ccc(OCC(=O)O)c(C)c2)c2ccc(C#CCN3CCOCC3)cc2)cc1. The Morgan fingerprint density at radius 3 is 2.32 bits per heavy atom. The zero-order valence-electron chi connectivity index (χ0n) is 21.9. The summed E-state index contributed by atoms with van der Waals surface area (Å²) in [6.07, 6.45) is 2.08. The number of hydrogen-bond acceptors (Lipinski definition) is 5. The Labute approximate surface area is 224 Å². The number of carbonyl (C=O) groups is 1. The van der Waals surface area contributed by atoms with Gasteiger partial charge >= 0.3 is 5.97 Å². The van der Waals surface area contributed by atoms with Crippen molar-refractivity contribution in [3.05, 3.63) is 101 Å². The number of ether oxygens (including phenoxy) is 3. The molecule has 6 nitrogen and oxygen atoms in total. The van der Waals surface area contributed by atoms with Gasteiger partial charge in [0.25, 0.3) is 0 Å². The number of carboxylic acids is 1. The quantitative estimate of drug-likeness (QED) is 0.410. The molecule has 0 unspecified atom stereocenters. The third kappa shape index (κ3) is 7.97. The highest BCUT2D eigenvalue weighted by molar-refractivity contribution is 5.80. The van der Waals surface area contributed by atoms with Crippen LogP contribution in [0.1, 0.15) is 27.8 Å². The fourth-order valence-corrected chi connectivity index (χ4v) is 4.12. The van der Waals surface area contributed by atoms with Gasteiger partial charge in [-0.05, 0) is 72.5 Å². The number of aliphatic carboxylic acids is 1. The van der Waals surface area contributed by atoms with E-state index in [2.05, 4.69) is 78.3 Å². The van der Waals surface area contributed by atoms with Gasteiger partial charge in [-0.2, -0.15) is 0 Å². The molecule has 1 aliphatic heterocycles. The molecular weight excluding hydrogens is 478 g/mol. The van der Waals surface area contributed by atoms with Crippen molar-refractivity contribution in [2.45, 2.75) is 13.8 Å². The monoisotopic (exact) mass is 511 g/mol. The van der Waals surface area contributed by atoms with E-state index in [-0.39, 0.29) is 6.61 Å². The molecule has 1 heterocycles. The van der Waals surface area contributed by atoms with Crippen molar-refractivity contribution < 1.29 is 24.1 Å². The molecule has 0 amide bonds. The van der Waals surface area contributed by atoms with Gasteiger partial charge in [-0.15, -0.1) is 0 Å². The van der Waals surface area contributed by atoms with Gasteiger partial charge in [0.05, 0.1) is 19.8 Å². The number of morpholine rings is 1. The average molecular weight is 512 g/mol. The summed E-state index contributed by atoms with van der Waals surface area (Å²) in [5.74, 6) is 6.77. The van der Waals surface area contributed by atoms with E-state index in [0.717, 1.165) is 60.7 Å². The maximum atomic E-state index is 10.8. The zero-order chi connectivity index (χ0) is 26.7. The standard InChI is InChI=1S/C32H33NO5/c1-24-5-9-27(10-6-24)30(15-19-37-29-13-14-31(25(2)22-29)38-23-32(34)35)28-11-7-26(8-12-28)4-3-16-33-17-20-36-21-18-33/h5-15,22H,16-21,23H2,1-2H3,(H,34,35)/b30-15+. The van der Waals surface area contributed by atoms with Crippen LogP contribution >= 0.6 is 0 Å². The maximum absolute atomic E-state index is 10.8. The van der Waals surface area contributed by atoms with Crippen molar-refractivity contribution >= 4 is 11.5 Å². The van der Waals surface area contributed by atoms with Gasteiger partial charge in [-0.1, -0.05) is 53.8 Å². The molecule has 0 saturated carbocycles. The Bertz CT molecular complexity index is 1310. The van der Waals surface area contributed by atoms with Gasteiger partial charge in [0.2, 0.25) is 0 Å². The summed E-state index contributed by atoms with van der Waals surface area (Å²) in [5, 5.41) is 8.83. The zero-order valence-corrected chi connectivity index (χ0v) is 21.9. The molecule has 0 spiro atoms. The maximum Gasteiger partial charge on any atom is 0.341 e. The first-order valence-corrected chi connectivity index (χ1v) is 12.7. The van der Waals surface area contributed by atoms with Crippen molar-refractivity contribution in [1.82, 2.24) is 4.90 Å². The van der Waals surface area contributed by atoms with Crippen LogP contribution in [0.15, 0.2) is 72.8 Å². The molecule has 0 bridgehead atoms. The van der Waals surface area contributed by atoms with Crippen molar-refractivity contribution in [3.63, 3.8) is 0 Å². The molecule has 4 rings (SSSR count).